The van der Waals surface area contributed by atoms with Crippen molar-refractivity contribution >= 4 is 16.9 Å². The number of unbranched alkanes of at least 4 members (excludes halogenated alkanes) is 4. The van der Waals surface area contributed by atoms with Crippen molar-refractivity contribution in [3.63, 3.8) is 0 Å². The van der Waals surface area contributed by atoms with Gasteiger partial charge < -0.3 is 0 Å². The molecule has 0 aliphatic carbocycles. The van der Waals surface area contributed by atoms with E-state index in [2.05, 4.69) is 13.5 Å². The lowest BCUT2D eigenvalue weighted by atomic mass is 10.2. The van der Waals surface area contributed by atoms with Gasteiger partial charge in [0, 0.05) is 5.75 Å². The number of thioether (sulfide) groups is 1. The Hall–Kier alpha value is -0.240. The third-order valence-corrected chi connectivity index (χ3v) is 2.60. The molecule has 0 aromatic rings. The van der Waals surface area contributed by atoms with E-state index in [0.29, 0.717) is 0 Å². The van der Waals surface area contributed by atoms with Gasteiger partial charge in [0.05, 0.1) is 0 Å². The molecule has 0 saturated carbocycles. The fraction of sp³-hybridized carbons (Fsp3) is 0.700. The molecule has 0 aromatic heterocycles. The van der Waals surface area contributed by atoms with E-state index in [0.717, 1.165) is 12.2 Å². The molecule has 0 aliphatic rings. The van der Waals surface area contributed by atoms with E-state index < -0.39 is 0 Å². The highest BCUT2D eigenvalue weighted by Crippen LogP contribution is 2.09. The molecule has 0 saturated heterocycles. The normalized spacial score (nSPS) is 9.75. The molecule has 0 unspecified atom stereocenters. The van der Waals surface area contributed by atoms with Crippen LogP contribution >= 0.6 is 11.8 Å². The van der Waals surface area contributed by atoms with Crippen molar-refractivity contribution in [1.29, 1.82) is 0 Å². The Bertz CT molecular complexity index is 132. The van der Waals surface area contributed by atoms with Gasteiger partial charge >= 0.3 is 0 Å². The summed E-state index contributed by atoms with van der Waals surface area (Å²) in [4.78, 5) is 10.7. The minimum absolute atomic E-state index is 0.102. The first-order valence-corrected chi connectivity index (χ1v) is 5.59. The Kier molecular flexibility index (Phi) is 8.68. The van der Waals surface area contributed by atoms with Crippen LogP contribution in [0.1, 0.15) is 39.0 Å². The van der Waals surface area contributed by atoms with E-state index in [1.54, 1.807) is 0 Å². The largest absolute Gasteiger partial charge is 0.282 e. The molecular formula is C10H18OS. The average molecular weight is 186 g/mol. The maximum atomic E-state index is 10.7. The van der Waals surface area contributed by atoms with E-state index in [1.165, 1.54) is 43.5 Å². The maximum absolute atomic E-state index is 10.7. The highest BCUT2D eigenvalue weighted by atomic mass is 32.2. The third kappa shape index (κ3) is 7.86. The lowest BCUT2D eigenvalue weighted by Gasteiger charge is -1.97. The monoisotopic (exact) mass is 186 g/mol. The summed E-state index contributed by atoms with van der Waals surface area (Å²) in [6, 6.07) is 0. The second-order valence-corrected chi connectivity index (χ2v) is 3.89. The summed E-state index contributed by atoms with van der Waals surface area (Å²) < 4.78 is 0. The average Bonchev–Trinajstić information content (AvgIpc) is 2.10. The van der Waals surface area contributed by atoms with Crippen LogP contribution in [0.15, 0.2) is 12.7 Å². The van der Waals surface area contributed by atoms with Crippen LogP contribution in [0.25, 0.3) is 0 Å². The molecular weight excluding hydrogens is 168 g/mol. The van der Waals surface area contributed by atoms with Crippen LogP contribution in [0.4, 0.5) is 0 Å². The molecule has 0 fully saturated rings. The fourth-order valence-corrected chi connectivity index (χ4v) is 1.60. The zero-order chi connectivity index (χ0) is 9.23. The standard InChI is InChI=1S/C10H18OS/c1-3-5-6-7-8-9-12-10(11)4-2/h4H,2-3,5-9H2,1H3. The molecule has 0 atom stereocenters. The van der Waals surface area contributed by atoms with Gasteiger partial charge in [-0.05, 0) is 12.5 Å². The first-order valence-electron chi connectivity index (χ1n) is 4.60. The number of hydrogen-bond donors (Lipinski definition) is 0. The Morgan fingerprint density at radius 3 is 2.58 bits per heavy atom. The Morgan fingerprint density at radius 2 is 2.00 bits per heavy atom. The molecule has 2 heteroatoms. The minimum atomic E-state index is 0.102. The molecule has 0 rings (SSSR count). The summed E-state index contributed by atoms with van der Waals surface area (Å²) in [5.41, 5.74) is 0. The molecule has 0 N–H and O–H groups in total. The SMILES string of the molecule is C=CC(=O)SCCCCCCC. The van der Waals surface area contributed by atoms with Crippen molar-refractivity contribution in [2.24, 2.45) is 0 Å². The Labute approximate surface area is 79.6 Å². The summed E-state index contributed by atoms with van der Waals surface area (Å²) >= 11 is 1.38. The second kappa shape index (κ2) is 8.85. The van der Waals surface area contributed by atoms with Crippen molar-refractivity contribution < 1.29 is 4.79 Å². The molecule has 0 aromatic carbocycles. The van der Waals surface area contributed by atoms with Crippen molar-refractivity contribution in [2.45, 2.75) is 39.0 Å². The number of hydrogen-bond acceptors (Lipinski definition) is 2. The fourth-order valence-electron chi connectivity index (χ4n) is 0.937. The van der Waals surface area contributed by atoms with Gasteiger partial charge in [-0.1, -0.05) is 50.9 Å². The van der Waals surface area contributed by atoms with Gasteiger partial charge in [0.1, 0.15) is 0 Å². The molecule has 1 nitrogen and oxygen atoms in total. The zero-order valence-corrected chi connectivity index (χ0v) is 8.66. The van der Waals surface area contributed by atoms with Gasteiger partial charge in [0.25, 0.3) is 0 Å². The number of carbonyl (C=O) groups excluding carboxylic acids is 1. The van der Waals surface area contributed by atoms with Crippen molar-refractivity contribution in [3.8, 4) is 0 Å². The van der Waals surface area contributed by atoms with Crippen LogP contribution in [0.3, 0.4) is 0 Å². The molecule has 0 radical (unpaired) electrons. The predicted molar refractivity (Wildman–Crippen MR) is 56.4 cm³/mol. The van der Waals surface area contributed by atoms with E-state index in [-0.39, 0.29) is 5.12 Å². The van der Waals surface area contributed by atoms with Gasteiger partial charge in [-0.2, -0.15) is 0 Å². The first-order chi connectivity index (χ1) is 5.81. The van der Waals surface area contributed by atoms with Crippen molar-refractivity contribution in [2.75, 3.05) is 5.75 Å². The third-order valence-electron chi connectivity index (χ3n) is 1.66. The van der Waals surface area contributed by atoms with Gasteiger partial charge in [0.15, 0.2) is 0 Å². The maximum Gasteiger partial charge on any atom is 0.211 e. The smallest absolute Gasteiger partial charge is 0.211 e. The predicted octanol–water partition coefficient (Wildman–Crippen LogP) is 3.40. The van der Waals surface area contributed by atoms with Crippen LogP contribution in [0, 0.1) is 0 Å². The van der Waals surface area contributed by atoms with Gasteiger partial charge in [-0.3, -0.25) is 4.79 Å². The summed E-state index contributed by atoms with van der Waals surface area (Å²) in [5.74, 6) is 0.953. The van der Waals surface area contributed by atoms with Crippen LogP contribution in [0.2, 0.25) is 0 Å². The number of rotatable bonds is 7. The second-order valence-electron chi connectivity index (χ2n) is 2.79. The lowest BCUT2D eigenvalue weighted by Crippen LogP contribution is -1.87. The number of carbonyl (C=O) groups is 1. The van der Waals surface area contributed by atoms with Crippen LogP contribution in [0.5, 0.6) is 0 Å². The highest BCUT2D eigenvalue weighted by Gasteiger charge is 1.95. The zero-order valence-electron chi connectivity index (χ0n) is 7.84. The van der Waals surface area contributed by atoms with Gasteiger partial charge in [0.2, 0.25) is 5.12 Å². The first kappa shape index (κ1) is 11.8. The van der Waals surface area contributed by atoms with Crippen molar-refractivity contribution in [3.05, 3.63) is 12.7 Å². The molecule has 12 heavy (non-hydrogen) atoms. The summed E-state index contributed by atoms with van der Waals surface area (Å²) in [6.07, 6.45) is 7.70. The van der Waals surface area contributed by atoms with E-state index in [4.69, 9.17) is 0 Å². The molecule has 0 heterocycles. The van der Waals surface area contributed by atoms with E-state index >= 15 is 0 Å². The van der Waals surface area contributed by atoms with Gasteiger partial charge in [-0.25, -0.2) is 0 Å². The summed E-state index contributed by atoms with van der Waals surface area (Å²) in [6.45, 7) is 5.62. The molecule has 70 valence electrons. The molecule has 0 aliphatic heterocycles. The highest BCUT2D eigenvalue weighted by molar-refractivity contribution is 8.14. The van der Waals surface area contributed by atoms with E-state index in [9.17, 15) is 4.79 Å². The van der Waals surface area contributed by atoms with E-state index in [1.807, 2.05) is 0 Å². The quantitative estimate of drug-likeness (QED) is 0.448. The Morgan fingerprint density at radius 1 is 1.33 bits per heavy atom. The molecule has 0 spiro atoms. The Balaban J connectivity index is 3.00. The van der Waals surface area contributed by atoms with Crippen LogP contribution in [-0.2, 0) is 4.79 Å². The summed E-state index contributed by atoms with van der Waals surface area (Å²) in [7, 11) is 0. The molecule has 0 amide bonds. The van der Waals surface area contributed by atoms with Crippen molar-refractivity contribution in [1.82, 2.24) is 0 Å². The van der Waals surface area contributed by atoms with Crippen LogP contribution in [-0.4, -0.2) is 10.9 Å². The van der Waals surface area contributed by atoms with Crippen LogP contribution < -0.4 is 0 Å². The lowest BCUT2D eigenvalue weighted by molar-refractivity contribution is -0.107. The van der Waals surface area contributed by atoms with Gasteiger partial charge in [-0.15, -0.1) is 0 Å². The summed E-state index contributed by atoms with van der Waals surface area (Å²) in [5, 5.41) is 0.102. The minimum Gasteiger partial charge on any atom is -0.282 e. The topological polar surface area (TPSA) is 17.1 Å². The molecule has 0 bridgehead atoms.